The molecule has 2 rings (SSSR count). The van der Waals surface area contributed by atoms with E-state index in [1.54, 1.807) is 6.92 Å². The third kappa shape index (κ3) is 3.49. The highest BCUT2D eigenvalue weighted by Crippen LogP contribution is 2.15. The fourth-order valence-corrected chi connectivity index (χ4v) is 2.70. The number of carbonyl (C=O) groups excluding carboxylic acids is 1. The molecule has 1 heterocycles. The number of rotatable bonds is 2. The van der Waals surface area contributed by atoms with Crippen molar-refractivity contribution >= 4 is 38.4 Å². The van der Waals surface area contributed by atoms with Gasteiger partial charge >= 0.3 is 4.87 Å². The predicted octanol–water partition coefficient (Wildman–Crippen LogP) is 2.61. The minimum absolute atomic E-state index is 0.0482. The van der Waals surface area contributed by atoms with Crippen molar-refractivity contribution in [2.45, 2.75) is 13.3 Å². The fourth-order valence-electron chi connectivity index (χ4n) is 1.43. The van der Waals surface area contributed by atoms with Crippen LogP contribution >= 0.6 is 23.1 Å². The molecule has 5 heteroatoms. The van der Waals surface area contributed by atoms with E-state index in [2.05, 4.69) is 16.8 Å². The molecule has 0 saturated heterocycles. The quantitative estimate of drug-likeness (QED) is 0.678. The molecular formula is C13H11NO2S2. The van der Waals surface area contributed by atoms with Gasteiger partial charge in [0.1, 0.15) is 0 Å². The number of nitrogens with one attached hydrogen (secondary N) is 1. The van der Waals surface area contributed by atoms with Gasteiger partial charge < -0.3 is 4.98 Å². The normalized spacial score (nSPS) is 10.1. The van der Waals surface area contributed by atoms with Crippen molar-refractivity contribution in [1.82, 2.24) is 4.98 Å². The average Bonchev–Trinajstić information content (AvgIpc) is 2.67. The SMILES string of the molecule is CC(=O)SCCC#Cc1ccc2[nH]c(=O)sc2c1. The third-order valence-corrected chi connectivity index (χ3v) is 3.85. The van der Waals surface area contributed by atoms with E-state index in [4.69, 9.17) is 0 Å². The van der Waals surface area contributed by atoms with Crippen LogP contribution < -0.4 is 4.87 Å². The summed E-state index contributed by atoms with van der Waals surface area (Å²) in [4.78, 5) is 24.6. The summed E-state index contributed by atoms with van der Waals surface area (Å²) in [5, 5.41) is 0.121. The highest BCUT2D eigenvalue weighted by molar-refractivity contribution is 8.13. The third-order valence-electron chi connectivity index (χ3n) is 2.19. The van der Waals surface area contributed by atoms with Crippen LogP contribution in [0, 0.1) is 11.8 Å². The van der Waals surface area contributed by atoms with E-state index in [0.717, 1.165) is 21.5 Å². The van der Waals surface area contributed by atoms with Crippen molar-refractivity contribution in [3.8, 4) is 11.8 Å². The maximum atomic E-state index is 11.2. The van der Waals surface area contributed by atoms with Crippen molar-refractivity contribution in [1.29, 1.82) is 0 Å². The van der Waals surface area contributed by atoms with Crippen molar-refractivity contribution in [2.75, 3.05) is 5.75 Å². The first-order chi connectivity index (χ1) is 8.65. The number of benzene rings is 1. The van der Waals surface area contributed by atoms with Gasteiger partial charge in [0.05, 0.1) is 10.2 Å². The van der Waals surface area contributed by atoms with Crippen LogP contribution in [0.25, 0.3) is 10.2 Å². The monoisotopic (exact) mass is 277 g/mol. The summed E-state index contributed by atoms with van der Waals surface area (Å²) in [6, 6.07) is 5.65. The van der Waals surface area contributed by atoms with Gasteiger partial charge in [-0.05, 0) is 18.2 Å². The maximum Gasteiger partial charge on any atom is 0.305 e. The van der Waals surface area contributed by atoms with Crippen LogP contribution in [0.3, 0.4) is 0 Å². The zero-order valence-electron chi connectivity index (χ0n) is 9.78. The Bertz CT molecular complexity index is 688. The second-order valence-electron chi connectivity index (χ2n) is 3.62. The summed E-state index contributed by atoms with van der Waals surface area (Å²) >= 11 is 2.47. The molecule has 0 aliphatic heterocycles. The number of hydrogen-bond donors (Lipinski definition) is 1. The van der Waals surface area contributed by atoms with Crippen LogP contribution in [0.4, 0.5) is 0 Å². The van der Waals surface area contributed by atoms with Crippen molar-refractivity contribution in [2.24, 2.45) is 0 Å². The topological polar surface area (TPSA) is 49.9 Å². The number of aromatic nitrogens is 1. The van der Waals surface area contributed by atoms with Crippen LogP contribution in [0.1, 0.15) is 18.9 Å². The molecule has 3 nitrogen and oxygen atoms in total. The van der Waals surface area contributed by atoms with Gasteiger partial charge in [0.15, 0.2) is 5.12 Å². The number of H-pyrrole nitrogens is 1. The van der Waals surface area contributed by atoms with Crippen LogP contribution in [0.5, 0.6) is 0 Å². The number of hydrogen-bond acceptors (Lipinski definition) is 4. The molecule has 92 valence electrons. The largest absolute Gasteiger partial charge is 0.312 e. The van der Waals surface area contributed by atoms with E-state index < -0.39 is 0 Å². The minimum Gasteiger partial charge on any atom is -0.312 e. The van der Waals surface area contributed by atoms with Gasteiger partial charge in [0, 0.05) is 24.7 Å². The highest BCUT2D eigenvalue weighted by Gasteiger charge is 1.98. The van der Waals surface area contributed by atoms with Gasteiger partial charge in [0.2, 0.25) is 0 Å². The first-order valence-electron chi connectivity index (χ1n) is 5.40. The number of thioether (sulfide) groups is 1. The zero-order chi connectivity index (χ0) is 13.0. The van der Waals surface area contributed by atoms with Crippen molar-refractivity contribution in [3.05, 3.63) is 33.4 Å². The van der Waals surface area contributed by atoms with E-state index in [-0.39, 0.29) is 9.99 Å². The second kappa shape index (κ2) is 5.89. The standard InChI is InChI=1S/C13H11NO2S2/c1-9(15)17-7-3-2-4-10-5-6-11-12(8-10)18-13(16)14-11/h5-6,8H,3,7H2,1H3,(H,14,16). The van der Waals surface area contributed by atoms with Gasteiger partial charge in [0.25, 0.3) is 0 Å². The number of thiazole rings is 1. The molecule has 0 atom stereocenters. The molecule has 0 aliphatic carbocycles. The Kier molecular flexibility index (Phi) is 4.24. The lowest BCUT2D eigenvalue weighted by molar-refractivity contribution is -0.109. The molecule has 2 aromatic rings. The Balaban J connectivity index is 2.05. The second-order valence-corrected chi connectivity index (χ2v) is 5.90. The Morgan fingerprint density at radius 2 is 2.33 bits per heavy atom. The summed E-state index contributed by atoms with van der Waals surface area (Å²) in [5.41, 5.74) is 1.74. The molecule has 0 radical (unpaired) electrons. The summed E-state index contributed by atoms with van der Waals surface area (Å²) in [5.74, 6) is 6.78. The lowest BCUT2D eigenvalue weighted by atomic mass is 10.2. The molecule has 0 aliphatic rings. The Hall–Kier alpha value is -1.51. The molecule has 1 aromatic carbocycles. The number of aromatic amines is 1. The van der Waals surface area contributed by atoms with Crippen LogP contribution in [-0.2, 0) is 4.79 Å². The van der Waals surface area contributed by atoms with Crippen LogP contribution in [0.15, 0.2) is 23.0 Å². The average molecular weight is 277 g/mol. The first-order valence-corrected chi connectivity index (χ1v) is 7.20. The van der Waals surface area contributed by atoms with Crippen molar-refractivity contribution in [3.63, 3.8) is 0 Å². The maximum absolute atomic E-state index is 11.2. The predicted molar refractivity (Wildman–Crippen MR) is 77.1 cm³/mol. The minimum atomic E-state index is -0.0482. The molecule has 0 unspecified atom stereocenters. The molecule has 18 heavy (non-hydrogen) atoms. The van der Waals surface area contributed by atoms with E-state index in [1.807, 2.05) is 18.2 Å². The lowest BCUT2D eigenvalue weighted by Crippen LogP contribution is -1.89. The zero-order valence-corrected chi connectivity index (χ0v) is 11.4. The molecule has 0 amide bonds. The first kappa shape index (κ1) is 12.9. The summed E-state index contributed by atoms with van der Waals surface area (Å²) < 4.78 is 0.921. The lowest BCUT2D eigenvalue weighted by Gasteiger charge is -1.91. The van der Waals surface area contributed by atoms with Gasteiger partial charge in [-0.3, -0.25) is 9.59 Å². The molecule has 0 fully saturated rings. The van der Waals surface area contributed by atoms with Crippen LogP contribution in [0.2, 0.25) is 0 Å². The molecular weight excluding hydrogens is 266 g/mol. The smallest absolute Gasteiger partial charge is 0.305 e. The molecule has 1 aromatic heterocycles. The van der Waals surface area contributed by atoms with Gasteiger partial charge in [-0.15, -0.1) is 0 Å². The Morgan fingerprint density at radius 1 is 1.50 bits per heavy atom. The van der Waals surface area contributed by atoms with E-state index >= 15 is 0 Å². The van der Waals surface area contributed by atoms with Gasteiger partial charge in [-0.2, -0.15) is 0 Å². The number of carbonyl (C=O) groups is 1. The Labute approximate surface area is 113 Å². The van der Waals surface area contributed by atoms with Crippen LogP contribution in [-0.4, -0.2) is 15.9 Å². The molecule has 0 spiro atoms. The molecule has 1 N–H and O–H groups in total. The van der Waals surface area contributed by atoms with E-state index in [0.29, 0.717) is 6.42 Å². The van der Waals surface area contributed by atoms with E-state index in [1.165, 1.54) is 23.1 Å². The molecule has 0 saturated carbocycles. The van der Waals surface area contributed by atoms with Crippen molar-refractivity contribution < 1.29 is 4.79 Å². The molecule has 0 bridgehead atoms. The fraction of sp³-hybridized carbons (Fsp3) is 0.231. The van der Waals surface area contributed by atoms with Gasteiger partial charge in [-0.25, -0.2) is 0 Å². The van der Waals surface area contributed by atoms with E-state index in [9.17, 15) is 9.59 Å². The Morgan fingerprint density at radius 3 is 3.11 bits per heavy atom. The van der Waals surface area contributed by atoms with Gasteiger partial charge in [-0.1, -0.05) is 34.9 Å². The summed E-state index contributed by atoms with van der Waals surface area (Å²) in [6.45, 7) is 1.56. The number of fused-ring (bicyclic) bond motifs is 1. The summed E-state index contributed by atoms with van der Waals surface area (Å²) in [7, 11) is 0. The summed E-state index contributed by atoms with van der Waals surface area (Å²) in [6.07, 6.45) is 0.686. The highest BCUT2D eigenvalue weighted by atomic mass is 32.2.